The summed E-state index contributed by atoms with van der Waals surface area (Å²) in [5.74, 6) is -7.18. The Labute approximate surface area is 294 Å². The molecular weight excluding hydrogens is 703 g/mol. The molecule has 20 heteroatoms. The van der Waals surface area contributed by atoms with Crippen molar-refractivity contribution in [3.8, 4) is 11.4 Å². The standard InChI is InChI=1S/C21H21F2N7OS.C6H7FO7.C2H6O.C2H6/c22-14-6-7-17(23)28-18(14)19-15(10-30(29-19)13-4-2-1-3-5-13)26-20(31)16-11-32-21(27-16)12-8-24-25-9-12;7-14-4(10)2-6(13,5(11)12)1-3(8)9;1-2-3;1-2/h6-8,10-13,25H,1-5,9H2,(H,26,31);13H,1-2H2,(H,8,9)(H,11,12);3H,2H2,1H3;1-2H3. The van der Waals surface area contributed by atoms with Gasteiger partial charge in [-0.3, -0.25) is 19.2 Å². The van der Waals surface area contributed by atoms with Crippen LogP contribution in [0.2, 0.25) is 0 Å². The fraction of sp³-hybridized carbons (Fsp3) is 0.484. The molecule has 4 heterocycles. The van der Waals surface area contributed by atoms with Gasteiger partial charge in [0.25, 0.3) is 5.91 Å². The van der Waals surface area contributed by atoms with Gasteiger partial charge in [0.2, 0.25) is 5.95 Å². The first-order valence-electron chi connectivity index (χ1n) is 15.9. The number of carbonyl (C=O) groups excluding carboxylic acids is 2. The minimum Gasteiger partial charge on any atom is -0.481 e. The molecule has 0 radical (unpaired) electrons. The molecule has 2 aliphatic rings. The van der Waals surface area contributed by atoms with Crippen LogP contribution in [0.5, 0.6) is 0 Å². The van der Waals surface area contributed by atoms with Crippen molar-refractivity contribution in [3.05, 3.63) is 46.2 Å². The summed E-state index contributed by atoms with van der Waals surface area (Å²) in [5.41, 5.74) is 0.403. The Balaban J connectivity index is 0.000000400. The second-order valence-corrected chi connectivity index (χ2v) is 11.6. The molecule has 1 saturated carbocycles. The van der Waals surface area contributed by atoms with E-state index in [0.717, 1.165) is 42.8 Å². The third kappa shape index (κ3) is 12.4. The van der Waals surface area contributed by atoms with Crippen LogP contribution < -0.4 is 10.7 Å². The zero-order chi connectivity index (χ0) is 38.1. The van der Waals surface area contributed by atoms with Gasteiger partial charge in [-0.2, -0.15) is 14.6 Å². The number of hydrogen-bond donors (Lipinski definition) is 6. The van der Waals surface area contributed by atoms with Crippen molar-refractivity contribution >= 4 is 47.1 Å². The Morgan fingerprint density at radius 2 is 1.75 bits per heavy atom. The van der Waals surface area contributed by atoms with Crippen molar-refractivity contribution in [2.24, 2.45) is 5.10 Å². The van der Waals surface area contributed by atoms with Gasteiger partial charge in [-0.15, -0.1) is 11.3 Å². The number of nitrogens with one attached hydrogen (secondary N) is 2. The minimum atomic E-state index is -2.85. The number of nitrogens with zero attached hydrogens (tertiary/aromatic N) is 5. The summed E-state index contributed by atoms with van der Waals surface area (Å²) in [6.07, 6.45) is 6.15. The average molecular weight is 744 g/mol. The van der Waals surface area contributed by atoms with Gasteiger partial charge in [-0.25, -0.2) is 23.9 Å². The van der Waals surface area contributed by atoms with Crippen LogP contribution in [0.4, 0.5) is 19.0 Å². The highest BCUT2D eigenvalue weighted by Gasteiger charge is 2.41. The molecule has 0 aromatic carbocycles. The molecule has 0 saturated heterocycles. The van der Waals surface area contributed by atoms with Crippen LogP contribution in [-0.4, -0.2) is 89.0 Å². The van der Waals surface area contributed by atoms with Crippen LogP contribution in [0.25, 0.3) is 11.4 Å². The number of carboxylic acid groups (broad SMARTS) is 2. The Hall–Kier alpha value is -4.95. The summed E-state index contributed by atoms with van der Waals surface area (Å²) in [6, 6.07) is 2.10. The van der Waals surface area contributed by atoms with E-state index in [9.17, 15) is 32.5 Å². The molecule has 1 aliphatic carbocycles. The number of hydrogen-bond acceptors (Lipinski definition) is 13. The lowest BCUT2D eigenvalue weighted by molar-refractivity contribution is -0.193. The third-order valence-corrected chi connectivity index (χ3v) is 8.04. The zero-order valence-electron chi connectivity index (χ0n) is 28.0. The number of carboxylic acids is 2. The van der Waals surface area contributed by atoms with Gasteiger partial charge in [0.1, 0.15) is 22.1 Å². The van der Waals surface area contributed by atoms with Gasteiger partial charge in [0.05, 0.1) is 30.5 Å². The summed E-state index contributed by atoms with van der Waals surface area (Å²) in [5, 5.41) is 47.0. The average Bonchev–Trinajstić information content (AvgIpc) is 3.89. The number of amides is 1. The molecule has 51 heavy (non-hydrogen) atoms. The highest BCUT2D eigenvalue weighted by molar-refractivity contribution is 7.10. The lowest BCUT2D eigenvalue weighted by Gasteiger charge is -2.21. The number of carbonyl (C=O) groups is 4. The summed E-state index contributed by atoms with van der Waals surface area (Å²) in [6.45, 7) is 6.57. The molecule has 1 aliphatic heterocycles. The highest BCUT2D eigenvalue weighted by atomic mass is 32.1. The lowest BCUT2D eigenvalue weighted by Crippen LogP contribution is -2.42. The van der Waals surface area contributed by atoms with Crippen LogP contribution in [0.15, 0.2) is 28.8 Å². The van der Waals surface area contributed by atoms with Crippen molar-refractivity contribution in [1.29, 1.82) is 0 Å². The van der Waals surface area contributed by atoms with Crippen LogP contribution in [0.1, 0.15) is 93.2 Å². The van der Waals surface area contributed by atoms with E-state index in [2.05, 4.69) is 35.9 Å². The van der Waals surface area contributed by atoms with Gasteiger partial charge in [0.15, 0.2) is 11.4 Å². The fourth-order valence-corrected chi connectivity index (χ4v) is 5.61. The molecule has 16 nitrogen and oxygen atoms in total. The van der Waals surface area contributed by atoms with E-state index >= 15 is 0 Å². The summed E-state index contributed by atoms with van der Waals surface area (Å²) in [4.78, 5) is 54.4. The van der Waals surface area contributed by atoms with Crippen molar-refractivity contribution in [2.75, 3.05) is 18.5 Å². The maximum absolute atomic E-state index is 14.5. The van der Waals surface area contributed by atoms with E-state index in [-0.39, 0.29) is 41.3 Å². The molecule has 2 atom stereocenters. The molecule has 2 unspecified atom stereocenters. The Bertz CT molecular complexity index is 1650. The van der Waals surface area contributed by atoms with Gasteiger partial charge < -0.3 is 31.2 Å². The molecule has 1 fully saturated rings. The van der Waals surface area contributed by atoms with Crippen LogP contribution >= 0.6 is 11.3 Å². The first-order chi connectivity index (χ1) is 24.3. The second-order valence-electron chi connectivity index (χ2n) is 10.7. The molecule has 6 N–H and O–H groups in total. The minimum absolute atomic E-state index is 0.0248. The largest absolute Gasteiger partial charge is 0.481 e. The number of hydrazone groups is 1. The smallest absolute Gasteiger partial charge is 0.352 e. The highest BCUT2D eigenvalue weighted by Crippen LogP contribution is 2.33. The first-order valence-corrected chi connectivity index (χ1v) is 16.7. The predicted octanol–water partition coefficient (Wildman–Crippen LogP) is 4.23. The number of aromatic nitrogens is 4. The monoisotopic (exact) mass is 743 g/mol. The van der Waals surface area contributed by atoms with Crippen molar-refractivity contribution in [1.82, 2.24) is 25.2 Å². The third-order valence-electron chi connectivity index (χ3n) is 7.06. The molecular formula is C31H40F3N7O9S. The number of aliphatic carboxylic acids is 2. The molecule has 1 amide bonds. The Morgan fingerprint density at radius 3 is 2.31 bits per heavy atom. The van der Waals surface area contributed by atoms with Gasteiger partial charge in [-0.1, -0.05) is 33.1 Å². The summed E-state index contributed by atoms with van der Waals surface area (Å²) in [7, 11) is 0. The quantitative estimate of drug-likeness (QED) is 0.160. The van der Waals surface area contributed by atoms with E-state index in [4.69, 9.17) is 20.4 Å². The lowest BCUT2D eigenvalue weighted by atomic mass is 9.96. The predicted molar refractivity (Wildman–Crippen MR) is 178 cm³/mol. The molecule has 0 bridgehead atoms. The van der Waals surface area contributed by atoms with Gasteiger partial charge >= 0.3 is 17.9 Å². The zero-order valence-corrected chi connectivity index (χ0v) is 28.8. The van der Waals surface area contributed by atoms with E-state index in [1.807, 2.05) is 13.8 Å². The number of thiazole rings is 1. The fourth-order valence-electron chi connectivity index (χ4n) is 4.75. The first kappa shape index (κ1) is 42.2. The molecule has 3 aromatic heterocycles. The van der Waals surface area contributed by atoms with E-state index < -0.39 is 54.0 Å². The topological polar surface area (TPSA) is 238 Å². The van der Waals surface area contributed by atoms with Crippen molar-refractivity contribution < 1.29 is 57.9 Å². The number of aliphatic hydroxyl groups excluding tert-OH is 1. The van der Waals surface area contributed by atoms with Crippen LogP contribution in [0, 0.1) is 11.8 Å². The van der Waals surface area contributed by atoms with Crippen molar-refractivity contribution in [2.45, 2.75) is 83.3 Å². The molecule has 280 valence electrons. The van der Waals surface area contributed by atoms with E-state index in [0.29, 0.717) is 6.54 Å². The van der Waals surface area contributed by atoms with E-state index in [1.165, 1.54) is 17.8 Å². The SMILES string of the molecule is CC.CCO.O=C(Nc1cn(C2CCCCC2)nc1-c1nc(F)ccc1F)c1csc(C2C=NNC2)n1.O=C(O)CC(O)(CC(=O)OF)C(=O)O. The Kier molecular flexibility index (Phi) is 17.1. The maximum Gasteiger partial charge on any atom is 0.352 e. The molecule has 5 rings (SSSR count). The van der Waals surface area contributed by atoms with Crippen LogP contribution in [0.3, 0.4) is 0 Å². The number of pyridine rings is 1. The summed E-state index contributed by atoms with van der Waals surface area (Å²) < 4.78 is 41.2. The van der Waals surface area contributed by atoms with Crippen LogP contribution in [-0.2, 0) is 19.3 Å². The summed E-state index contributed by atoms with van der Waals surface area (Å²) >= 11 is 1.37. The molecule has 3 aromatic rings. The Morgan fingerprint density at radius 1 is 1.08 bits per heavy atom. The number of halogens is 3. The number of anilines is 1. The second kappa shape index (κ2) is 20.7. The van der Waals surface area contributed by atoms with Gasteiger partial charge in [-0.05, 0) is 31.9 Å². The molecule has 0 spiro atoms. The van der Waals surface area contributed by atoms with Gasteiger partial charge in [0, 0.05) is 35.5 Å². The van der Waals surface area contributed by atoms with Crippen molar-refractivity contribution in [3.63, 3.8) is 0 Å². The number of aliphatic hydroxyl groups is 2. The number of rotatable bonds is 10. The maximum atomic E-state index is 14.5. The van der Waals surface area contributed by atoms with E-state index in [1.54, 1.807) is 29.4 Å². The normalized spacial score (nSPS) is 16.0.